The average Bonchev–Trinajstić information content (AvgIpc) is 2.57. The first kappa shape index (κ1) is 18.3. The van der Waals surface area contributed by atoms with E-state index in [0.717, 1.165) is 25.9 Å². The van der Waals surface area contributed by atoms with Crippen LogP contribution in [0.15, 0.2) is 60.7 Å². The van der Waals surface area contributed by atoms with Crippen LogP contribution in [0.25, 0.3) is 0 Å². The lowest BCUT2D eigenvalue weighted by Gasteiger charge is -2.32. The Hall–Kier alpha value is -1.06. The lowest BCUT2D eigenvalue weighted by Crippen LogP contribution is -2.58. The summed E-state index contributed by atoms with van der Waals surface area (Å²) in [5.74, 6) is 0. The minimum atomic E-state index is -0.800. The Morgan fingerprint density at radius 1 is 0.826 bits per heavy atom. The second kappa shape index (κ2) is 9.29. The topological polar surface area (TPSA) is 24.1 Å². The van der Waals surface area contributed by atoms with Crippen molar-refractivity contribution in [2.24, 2.45) is 0 Å². The second-order valence-electron chi connectivity index (χ2n) is 5.65. The minimum Gasteiger partial charge on any atom is -0.285 e. The van der Waals surface area contributed by atoms with Crippen molar-refractivity contribution in [2.45, 2.75) is 30.3 Å². The molecule has 0 saturated carbocycles. The molecule has 1 unspecified atom stereocenters. The molecule has 0 saturated heterocycles. The van der Waals surface area contributed by atoms with Crippen LogP contribution in [0.4, 0.5) is 0 Å². The van der Waals surface area contributed by atoms with Crippen LogP contribution in [0.5, 0.6) is 0 Å². The zero-order valence-corrected chi connectivity index (χ0v) is 14.9. The van der Waals surface area contributed by atoms with E-state index >= 15 is 0 Å². The van der Waals surface area contributed by atoms with Crippen LogP contribution in [0.3, 0.4) is 0 Å². The highest BCUT2D eigenvalue weighted by Crippen LogP contribution is 2.18. The Balaban J connectivity index is 1.80. The van der Waals surface area contributed by atoms with E-state index in [-0.39, 0.29) is 5.38 Å². The van der Waals surface area contributed by atoms with Crippen molar-refractivity contribution >= 4 is 23.2 Å². The van der Waals surface area contributed by atoms with E-state index in [0.29, 0.717) is 0 Å². The number of alkyl halides is 2. The van der Waals surface area contributed by atoms with Crippen molar-refractivity contribution in [1.29, 1.82) is 0 Å². The lowest BCUT2D eigenvalue weighted by atomic mass is 10.1. The molecule has 2 rings (SSSR count). The summed E-state index contributed by atoms with van der Waals surface area (Å²) in [7, 11) is 0. The Labute approximate surface area is 149 Å². The second-order valence-corrected chi connectivity index (χ2v) is 6.90. The predicted molar refractivity (Wildman–Crippen MR) is 100 cm³/mol. The maximum atomic E-state index is 6.65. The molecule has 0 heterocycles. The molecule has 0 spiro atoms. The average molecular weight is 351 g/mol. The van der Waals surface area contributed by atoms with E-state index in [9.17, 15) is 0 Å². The van der Waals surface area contributed by atoms with Gasteiger partial charge >= 0.3 is 0 Å². The maximum absolute atomic E-state index is 6.65. The molecule has 4 heteroatoms. The van der Waals surface area contributed by atoms with Gasteiger partial charge in [-0.25, -0.2) is 0 Å². The number of hydrogen-bond donors (Lipinski definition) is 2. The summed E-state index contributed by atoms with van der Waals surface area (Å²) in [6.07, 6.45) is 1.83. The lowest BCUT2D eigenvalue weighted by molar-refractivity contribution is 0.369. The molecule has 2 N–H and O–H groups in total. The van der Waals surface area contributed by atoms with E-state index in [4.69, 9.17) is 23.2 Å². The van der Waals surface area contributed by atoms with Gasteiger partial charge < -0.3 is 0 Å². The Morgan fingerprint density at radius 2 is 1.22 bits per heavy atom. The third-order valence-corrected chi connectivity index (χ3v) is 4.86. The zero-order chi connectivity index (χ0) is 16.5. The third kappa shape index (κ3) is 6.15. The van der Waals surface area contributed by atoms with Crippen LogP contribution in [0.2, 0.25) is 0 Å². The van der Waals surface area contributed by atoms with Crippen LogP contribution < -0.4 is 10.6 Å². The standard InChI is InChI=1S/C19H24Cl2N2/c1-16(20)19(21,22-14-12-17-8-4-2-5-9-17)23-15-13-18-10-6-3-7-11-18/h2-11,16,22-23H,12-15H2,1H3. The van der Waals surface area contributed by atoms with Crippen molar-refractivity contribution in [2.75, 3.05) is 13.1 Å². The third-order valence-electron chi connectivity index (χ3n) is 3.83. The minimum absolute atomic E-state index is 0.240. The van der Waals surface area contributed by atoms with Gasteiger partial charge in [-0.1, -0.05) is 72.3 Å². The molecule has 2 aromatic rings. The molecule has 0 radical (unpaired) electrons. The number of rotatable bonds is 9. The fourth-order valence-electron chi connectivity index (χ4n) is 2.41. The first-order valence-corrected chi connectivity index (χ1v) is 8.82. The summed E-state index contributed by atoms with van der Waals surface area (Å²) in [5, 5.41) is 5.66. The van der Waals surface area contributed by atoms with E-state index in [1.165, 1.54) is 11.1 Å². The molecule has 0 aliphatic heterocycles. The first-order chi connectivity index (χ1) is 11.1. The van der Waals surface area contributed by atoms with E-state index in [1.807, 2.05) is 43.3 Å². The van der Waals surface area contributed by atoms with Gasteiger partial charge in [-0.05, 0) is 30.9 Å². The summed E-state index contributed by atoms with van der Waals surface area (Å²) >= 11 is 12.9. The Kier molecular flexibility index (Phi) is 7.38. The SMILES string of the molecule is CC(Cl)C(Cl)(NCCc1ccccc1)NCCc1ccccc1. The number of halogens is 2. The van der Waals surface area contributed by atoms with E-state index in [2.05, 4.69) is 34.9 Å². The van der Waals surface area contributed by atoms with Crippen molar-refractivity contribution in [3.63, 3.8) is 0 Å². The summed E-state index contributed by atoms with van der Waals surface area (Å²) in [6.45, 7) is 3.44. The highest BCUT2D eigenvalue weighted by molar-refractivity contribution is 6.31. The Morgan fingerprint density at radius 3 is 1.57 bits per heavy atom. The van der Waals surface area contributed by atoms with Crippen LogP contribution in [0, 0.1) is 0 Å². The number of nitrogens with one attached hydrogen (secondary N) is 2. The molecule has 0 bridgehead atoms. The van der Waals surface area contributed by atoms with Gasteiger partial charge in [-0.2, -0.15) is 0 Å². The maximum Gasteiger partial charge on any atom is 0.162 e. The van der Waals surface area contributed by atoms with Gasteiger partial charge in [0.05, 0.1) is 5.38 Å². The molecule has 0 aliphatic rings. The molecule has 0 amide bonds. The quantitative estimate of drug-likeness (QED) is 0.403. The van der Waals surface area contributed by atoms with Crippen molar-refractivity contribution in [1.82, 2.24) is 10.6 Å². The highest BCUT2D eigenvalue weighted by Gasteiger charge is 2.31. The zero-order valence-electron chi connectivity index (χ0n) is 13.4. The molecule has 2 nitrogen and oxygen atoms in total. The summed E-state index contributed by atoms with van der Waals surface area (Å²) in [4.78, 5) is 0. The fourth-order valence-corrected chi connectivity index (χ4v) is 2.75. The van der Waals surface area contributed by atoms with Gasteiger partial charge in [0, 0.05) is 13.1 Å². The molecule has 1 atom stereocenters. The largest absolute Gasteiger partial charge is 0.285 e. The Bertz CT molecular complexity index is 513. The van der Waals surface area contributed by atoms with Crippen molar-refractivity contribution in [3.8, 4) is 0 Å². The normalized spacial score (nSPS) is 13.0. The monoisotopic (exact) mass is 350 g/mol. The molecular weight excluding hydrogens is 327 g/mol. The van der Waals surface area contributed by atoms with Crippen molar-refractivity contribution in [3.05, 3.63) is 71.8 Å². The van der Waals surface area contributed by atoms with Gasteiger partial charge in [0.2, 0.25) is 0 Å². The first-order valence-electron chi connectivity index (χ1n) is 8.01. The number of hydrogen-bond acceptors (Lipinski definition) is 2. The summed E-state index contributed by atoms with van der Waals surface area (Å²) in [6, 6.07) is 20.7. The van der Waals surface area contributed by atoms with Gasteiger partial charge in [0.25, 0.3) is 0 Å². The molecule has 2 aromatic carbocycles. The molecule has 0 aliphatic carbocycles. The van der Waals surface area contributed by atoms with Crippen LogP contribution in [-0.4, -0.2) is 23.6 Å². The number of benzene rings is 2. The van der Waals surface area contributed by atoms with E-state index in [1.54, 1.807) is 0 Å². The molecule has 0 aromatic heterocycles. The molecule has 124 valence electrons. The van der Waals surface area contributed by atoms with Gasteiger partial charge in [0.15, 0.2) is 5.12 Å². The molecule has 23 heavy (non-hydrogen) atoms. The smallest absolute Gasteiger partial charge is 0.162 e. The van der Waals surface area contributed by atoms with Crippen LogP contribution in [-0.2, 0) is 12.8 Å². The van der Waals surface area contributed by atoms with Crippen molar-refractivity contribution < 1.29 is 0 Å². The fraction of sp³-hybridized carbons (Fsp3) is 0.368. The molecular formula is C19H24Cl2N2. The van der Waals surface area contributed by atoms with Crippen LogP contribution >= 0.6 is 23.2 Å². The predicted octanol–water partition coefficient (Wildman–Crippen LogP) is 4.17. The highest BCUT2D eigenvalue weighted by atomic mass is 35.5. The van der Waals surface area contributed by atoms with Gasteiger partial charge in [-0.3, -0.25) is 10.6 Å². The van der Waals surface area contributed by atoms with Gasteiger partial charge in [0.1, 0.15) is 0 Å². The van der Waals surface area contributed by atoms with Gasteiger partial charge in [-0.15, -0.1) is 11.6 Å². The summed E-state index contributed by atoms with van der Waals surface area (Å²) in [5.41, 5.74) is 2.57. The van der Waals surface area contributed by atoms with Crippen LogP contribution in [0.1, 0.15) is 18.1 Å². The molecule has 0 fully saturated rings. The van der Waals surface area contributed by atoms with E-state index < -0.39 is 5.12 Å². The summed E-state index contributed by atoms with van der Waals surface area (Å²) < 4.78 is 0.